The maximum Gasteiger partial charge on any atom is 0.306 e. The summed E-state index contributed by atoms with van der Waals surface area (Å²) in [5.41, 5.74) is 2.03. The Bertz CT molecular complexity index is 753. The van der Waals surface area contributed by atoms with Crippen LogP contribution in [-0.4, -0.2) is 45.4 Å². The highest BCUT2D eigenvalue weighted by Crippen LogP contribution is 2.29. The minimum atomic E-state index is -0.695. The van der Waals surface area contributed by atoms with Crippen LogP contribution in [0.25, 0.3) is 11.3 Å². The lowest BCUT2D eigenvalue weighted by atomic mass is 9.83. The number of nitrogens with zero attached hydrogens (tertiary/aromatic N) is 4. The molecule has 1 unspecified atom stereocenters. The monoisotopic (exact) mass is 354 g/mol. The van der Waals surface area contributed by atoms with Crippen molar-refractivity contribution in [2.24, 2.45) is 11.8 Å². The van der Waals surface area contributed by atoms with Crippen LogP contribution in [0.4, 0.5) is 5.95 Å². The fraction of sp³-hybridized carbons (Fsp3) is 0.421. The number of aromatic nitrogens is 3. The van der Waals surface area contributed by atoms with Gasteiger partial charge in [0.2, 0.25) is 5.95 Å². The topological polar surface area (TPSA) is 96.3 Å². The smallest absolute Gasteiger partial charge is 0.306 e. The number of carboxylic acids is 1. The van der Waals surface area contributed by atoms with Crippen LogP contribution < -0.4 is 4.90 Å². The van der Waals surface area contributed by atoms with Crippen LogP contribution in [0.3, 0.4) is 0 Å². The molecule has 1 fully saturated rings. The Morgan fingerprint density at radius 1 is 1.23 bits per heavy atom. The molecule has 1 aliphatic heterocycles. The summed E-state index contributed by atoms with van der Waals surface area (Å²) in [4.78, 5) is 37.2. The van der Waals surface area contributed by atoms with Gasteiger partial charge in [-0.05, 0) is 37.3 Å². The molecule has 2 aromatic heterocycles. The average molecular weight is 354 g/mol. The molecule has 3 rings (SSSR count). The van der Waals surface area contributed by atoms with E-state index in [1.165, 1.54) is 6.20 Å². The Hall–Kier alpha value is -2.83. The first kappa shape index (κ1) is 18.0. The van der Waals surface area contributed by atoms with Crippen LogP contribution in [0, 0.1) is 11.8 Å². The van der Waals surface area contributed by atoms with Gasteiger partial charge in [-0.3, -0.25) is 14.6 Å². The number of rotatable bonds is 6. The van der Waals surface area contributed by atoms with Crippen molar-refractivity contribution in [2.45, 2.75) is 26.2 Å². The van der Waals surface area contributed by atoms with E-state index in [1.54, 1.807) is 24.5 Å². The first-order chi connectivity index (χ1) is 12.6. The fourth-order valence-corrected chi connectivity index (χ4v) is 3.47. The van der Waals surface area contributed by atoms with E-state index >= 15 is 0 Å². The summed E-state index contributed by atoms with van der Waals surface area (Å²) in [6.45, 7) is 3.46. The lowest BCUT2D eigenvalue weighted by Crippen LogP contribution is -2.38. The predicted octanol–water partition coefficient (Wildman–Crippen LogP) is 2.68. The Balaban J connectivity index is 1.64. The van der Waals surface area contributed by atoms with Crippen molar-refractivity contribution in [1.29, 1.82) is 0 Å². The standard InChI is InChI=1S/C19H22N4O3/c1-2-16(18(25)26)14-5-7-23(8-6-14)19-21-10-15(11-22-19)17-4-3-13(12-24)9-20-17/h3-4,9-12,14,16H,2,5-8H2,1H3,(H,25,26). The van der Waals surface area contributed by atoms with E-state index in [1.807, 2.05) is 6.92 Å². The third-order valence-electron chi connectivity index (χ3n) is 5.00. The number of carbonyl (C=O) groups is 2. The molecule has 0 radical (unpaired) electrons. The van der Waals surface area contributed by atoms with Crippen molar-refractivity contribution in [3.8, 4) is 11.3 Å². The van der Waals surface area contributed by atoms with Crippen LogP contribution in [0.2, 0.25) is 0 Å². The molecule has 1 aliphatic rings. The summed E-state index contributed by atoms with van der Waals surface area (Å²) in [5, 5.41) is 9.32. The van der Waals surface area contributed by atoms with Gasteiger partial charge in [0.25, 0.3) is 0 Å². The molecular formula is C19H22N4O3. The van der Waals surface area contributed by atoms with E-state index in [0.29, 0.717) is 23.6 Å². The highest BCUT2D eigenvalue weighted by Gasteiger charge is 2.30. The van der Waals surface area contributed by atoms with Gasteiger partial charge in [-0.15, -0.1) is 0 Å². The zero-order chi connectivity index (χ0) is 18.5. The predicted molar refractivity (Wildman–Crippen MR) is 97.0 cm³/mol. The largest absolute Gasteiger partial charge is 0.481 e. The zero-order valence-corrected chi connectivity index (χ0v) is 14.7. The first-order valence-corrected chi connectivity index (χ1v) is 8.83. The molecule has 136 valence electrons. The number of carboxylic acid groups (broad SMARTS) is 1. The second kappa shape index (κ2) is 8.03. The molecule has 7 heteroatoms. The van der Waals surface area contributed by atoms with E-state index in [0.717, 1.165) is 37.8 Å². The number of carbonyl (C=O) groups excluding carboxylic acids is 1. The van der Waals surface area contributed by atoms with Gasteiger partial charge in [0.15, 0.2) is 6.29 Å². The van der Waals surface area contributed by atoms with Gasteiger partial charge in [-0.1, -0.05) is 6.92 Å². The van der Waals surface area contributed by atoms with Crippen molar-refractivity contribution in [2.75, 3.05) is 18.0 Å². The van der Waals surface area contributed by atoms with Gasteiger partial charge in [-0.25, -0.2) is 9.97 Å². The summed E-state index contributed by atoms with van der Waals surface area (Å²) in [6.07, 6.45) is 8.07. The normalized spacial score (nSPS) is 16.3. The Labute approximate surface area is 152 Å². The molecule has 0 bridgehead atoms. The minimum absolute atomic E-state index is 0.216. The van der Waals surface area contributed by atoms with E-state index < -0.39 is 5.97 Å². The number of aldehydes is 1. The van der Waals surface area contributed by atoms with E-state index in [4.69, 9.17) is 0 Å². The van der Waals surface area contributed by atoms with Crippen LogP contribution in [0.5, 0.6) is 0 Å². The summed E-state index contributed by atoms with van der Waals surface area (Å²) >= 11 is 0. The molecule has 0 aliphatic carbocycles. The van der Waals surface area contributed by atoms with Gasteiger partial charge < -0.3 is 10.0 Å². The first-order valence-electron chi connectivity index (χ1n) is 8.83. The minimum Gasteiger partial charge on any atom is -0.481 e. The molecule has 1 N–H and O–H groups in total. The van der Waals surface area contributed by atoms with Crippen LogP contribution >= 0.6 is 0 Å². The third-order valence-corrected chi connectivity index (χ3v) is 5.00. The lowest BCUT2D eigenvalue weighted by molar-refractivity contribution is -0.144. The number of hydrogen-bond acceptors (Lipinski definition) is 6. The Morgan fingerprint density at radius 3 is 2.42 bits per heavy atom. The van der Waals surface area contributed by atoms with Gasteiger partial charge >= 0.3 is 5.97 Å². The second-order valence-corrected chi connectivity index (χ2v) is 6.54. The highest BCUT2D eigenvalue weighted by atomic mass is 16.4. The van der Waals surface area contributed by atoms with E-state index in [9.17, 15) is 14.7 Å². The molecule has 1 atom stereocenters. The van der Waals surface area contributed by atoms with Crippen molar-refractivity contribution in [3.63, 3.8) is 0 Å². The summed E-state index contributed by atoms with van der Waals surface area (Å²) in [5.74, 6) is -0.0888. The molecule has 0 spiro atoms. The third kappa shape index (κ3) is 3.87. The number of aliphatic carboxylic acids is 1. The molecule has 3 heterocycles. The summed E-state index contributed by atoms with van der Waals surface area (Å²) in [6, 6.07) is 3.48. The zero-order valence-electron chi connectivity index (χ0n) is 14.7. The number of hydrogen-bond donors (Lipinski definition) is 1. The number of pyridine rings is 1. The van der Waals surface area contributed by atoms with Crippen molar-refractivity contribution >= 4 is 18.2 Å². The fourth-order valence-electron chi connectivity index (χ4n) is 3.47. The quantitative estimate of drug-likeness (QED) is 0.797. The van der Waals surface area contributed by atoms with Crippen molar-refractivity contribution in [3.05, 3.63) is 36.3 Å². The number of anilines is 1. The summed E-state index contributed by atoms with van der Waals surface area (Å²) < 4.78 is 0. The molecule has 7 nitrogen and oxygen atoms in total. The Kier molecular flexibility index (Phi) is 5.55. The van der Waals surface area contributed by atoms with Gasteiger partial charge in [0.1, 0.15) is 0 Å². The maximum atomic E-state index is 11.3. The van der Waals surface area contributed by atoms with E-state index in [-0.39, 0.29) is 11.8 Å². The maximum absolute atomic E-state index is 11.3. The van der Waals surface area contributed by atoms with Crippen molar-refractivity contribution < 1.29 is 14.7 Å². The second-order valence-electron chi connectivity index (χ2n) is 6.54. The average Bonchev–Trinajstić information content (AvgIpc) is 2.69. The lowest BCUT2D eigenvalue weighted by Gasteiger charge is -2.34. The molecule has 2 aromatic rings. The van der Waals surface area contributed by atoms with Gasteiger partial charge in [0.05, 0.1) is 11.6 Å². The van der Waals surface area contributed by atoms with Gasteiger partial charge in [0, 0.05) is 42.8 Å². The van der Waals surface area contributed by atoms with Gasteiger partial charge in [-0.2, -0.15) is 0 Å². The number of piperidine rings is 1. The Morgan fingerprint density at radius 2 is 1.92 bits per heavy atom. The molecule has 0 aromatic carbocycles. The molecule has 1 saturated heterocycles. The van der Waals surface area contributed by atoms with Crippen LogP contribution in [-0.2, 0) is 4.79 Å². The molecule has 0 amide bonds. The molecular weight excluding hydrogens is 332 g/mol. The summed E-state index contributed by atoms with van der Waals surface area (Å²) in [7, 11) is 0. The van der Waals surface area contributed by atoms with Crippen LogP contribution in [0.1, 0.15) is 36.5 Å². The molecule has 26 heavy (non-hydrogen) atoms. The SMILES string of the molecule is CCC(C(=O)O)C1CCN(c2ncc(-c3ccc(C=O)cn3)cn2)CC1. The van der Waals surface area contributed by atoms with Crippen molar-refractivity contribution in [1.82, 2.24) is 15.0 Å². The molecule has 0 saturated carbocycles. The van der Waals surface area contributed by atoms with E-state index in [2.05, 4.69) is 19.9 Å². The highest BCUT2D eigenvalue weighted by molar-refractivity contribution is 5.75. The van der Waals surface area contributed by atoms with Crippen LogP contribution in [0.15, 0.2) is 30.7 Å².